The molecule has 0 radical (unpaired) electrons. The van der Waals surface area contributed by atoms with Gasteiger partial charge in [0.2, 0.25) is 0 Å². The Morgan fingerprint density at radius 3 is 2.94 bits per heavy atom. The van der Waals surface area contributed by atoms with Gasteiger partial charge in [-0.25, -0.2) is 0 Å². The minimum Gasteiger partial charge on any atom is -0.380 e. The monoisotopic (exact) mass is 255 g/mol. The Hall–Kier alpha value is -0.770. The Kier molecular flexibility index (Phi) is 7.81. The molecule has 0 aliphatic carbocycles. The molecule has 1 fully saturated rings. The molecule has 0 spiro atoms. The van der Waals surface area contributed by atoms with Crippen LogP contribution in [0.15, 0.2) is 4.99 Å². The lowest BCUT2D eigenvalue weighted by atomic mass is 10.0. The fourth-order valence-corrected chi connectivity index (χ4v) is 2.30. The summed E-state index contributed by atoms with van der Waals surface area (Å²) >= 11 is 0. The summed E-state index contributed by atoms with van der Waals surface area (Å²) in [5.41, 5.74) is 0. The van der Waals surface area contributed by atoms with Crippen LogP contribution < -0.4 is 5.32 Å². The van der Waals surface area contributed by atoms with Crippen LogP contribution in [0, 0.1) is 5.92 Å². The van der Waals surface area contributed by atoms with Crippen LogP contribution in [-0.2, 0) is 4.74 Å². The third-order valence-electron chi connectivity index (χ3n) is 3.34. The van der Waals surface area contributed by atoms with E-state index in [1.807, 2.05) is 7.05 Å². The number of hydrogen-bond donors (Lipinski definition) is 1. The van der Waals surface area contributed by atoms with Gasteiger partial charge in [-0.1, -0.05) is 20.3 Å². The molecule has 1 saturated heterocycles. The van der Waals surface area contributed by atoms with E-state index in [0.29, 0.717) is 0 Å². The molecule has 4 nitrogen and oxygen atoms in total. The van der Waals surface area contributed by atoms with Gasteiger partial charge in [0.15, 0.2) is 5.96 Å². The van der Waals surface area contributed by atoms with E-state index in [1.165, 1.54) is 19.3 Å². The lowest BCUT2D eigenvalue weighted by Crippen LogP contribution is -2.46. The number of piperidine rings is 1. The van der Waals surface area contributed by atoms with Gasteiger partial charge in [-0.05, 0) is 25.2 Å². The molecule has 0 aromatic carbocycles. The Bertz CT molecular complexity index is 243. The number of hydrogen-bond acceptors (Lipinski definition) is 2. The van der Waals surface area contributed by atoms with Crippen LogP contribution in [-0.4, -0.2) is 50.8 Å². The van der Waals surface area contributed by atoms with Crippen molar-refractivity contribution in [1.82, 2.24) is 10.2 Å². The fourth-order valence-electron chi connectivity index (χ4n) is 2.30. The number of guanidine groups is 1. The van der Waals surface area contributed by atoms with Crippen LogP contribution in [0.4, 0.5) is 0 Å². The summed E-state index contributed by atoms with van der Waals surface area (Å²) in [5, 5.41) is 3.39. The van der Waals surface area contributed by atoms with Gasteiger partial charge in [-0.2, -0.15) is 0 Å². The van der Waals surface area contributed by atoms with Gasteiger partial charge >= 0.3 is 0 Å². The molecule has 0 aromatic heterocycles. The maximum atomic E-state index is 5.54. The summed E-state index contributed by atoms with van der Waals surface area (Å²) in [6.45, 7) is 9.23. The Balaban J connectivity index is 2.17. The molecular formula is C14H29N3O. The number of rotatable bonds is 6. The molecule has 0 amide bonds. The third kappa shape index (κ3) is 5.71. The highest BCUT2D eigenvalue weighted by atomic mass is 16.5. The van der Waals surface area contributed by atoms with Crippen molar-refractivity contribution in [3.63, 3.8) is 0 Å². The van der Waals surface area contributed by atoms with Crippen LogP contribution in [0.1, 0.15) is 39.5 Å². The van der Waals surface area contributed by atoms with Gasteiger partial charge in [0.25, 0.3) is 0 Å². The Morgan fingerprint density at radius 2 is 2.28 bits per heavy atom. The first-order chi connectivity index (χ1) is 8.77. The van der Waals surface area contributed by atoms with Gasteiger partial charge in [-0.3, -0.25) is 4.99 Å². The maximum absolute atomic E-state index is 5.54. The summed E-state index contributed by atoms with van der Waals surface area (Å²) in [6.07, 6.45) is 4.96. The van der Waals surface area contributed by atoms with Crippen molar-refractivity contribution in [3.8, 4) is 0 Å². The third-order valence-corrected chi connectivity index (χ3v) is 3.34. The van der Waals surface area contributed by atoms with Gasteiger partial charge in [0, 0.05) is 33.3 Å². The highest BCUT2D eigenvalue weighted by Crippen LogP contribution is 2.15. The molecule has 1 unspecified atom stereocenters. The van der Waals surface area contributed by atoms with Crippen molar-refractivity contribution >= 4 is 5.96 Å². The van der Waals surface area contributed by atoms with Crippen LogP contribution in [0.5, 0.6) is 0 Å². The zero-order chi connectivity index (χ0) is 13.2. The normalized spacial score (nSPS) is 21.2. The molecule has 1 atom stereocenters. The molecule has 1 N–H and O–H groups in total. The van der Waals surface area contributed by atoms with Crippen molar-refractivity contribution < 1.29 is 4.74 Å². The zero-order valence-electron chi connectivity index (χ0n) is 12.2. The van der Waals surface area contributed by atoms with E-state index < -0.39 is 0 Å². The highest BCUT2D eigenvalue weighted by molar-refractivity contribution is 5.79. The first kappa shape index (κ1) is 15.3. The van der Waals surface area contributed by atoms with E-state index in [2.05, 4.69) is 29.1 Å². The summed E-state index contributed by atoms with van der Waals surface area (Å²) in [7, 11) is 1.86. The number of likely N-dealkylation sites (tertiary alicyclic amines) is 1. The molecule has 0 bridgehead atoms. The summed E-state index contributed by atoms with van der Waals surface area (Å²) in [4.78, 5) is 6.72. The summed E-state index contributed by atoms with van der Waals surface area (Å²) in [6, 6.07) is 0. The second-order valence-electron chi connectivity index (χ2n) is 5.13. The summed E-state index contributed by atoms with van der Waals surface area (Å²) < 4.78 is 5.54. The lowest BCUT2D eigenvalue weighted by molar-refractivity contribution is 0.135. The average molecular weight is 255 g/mol. The van der Waals surface area contributed by atoms with E-state index in [1.54, 1.807) is 0 Å². The summed E-state index contributed by atoms with van der Waals surface area (Å²) in [5.74, 6) is 1.80. The lowest BCUT2D eigenvalue weighted by Gasteiger charge is -2.33. The van der Waals surface area contributed by atoms with Gasteiger partial charge in [0.05, 0.1) is 6.61 Å². The molecule has 106 valence electrons. The first-order valence-corrected chi connectivity index (χ1v) is 7.31. The second-order valence-corrected chi connectivity index (χ2v) is 5.13. The van der Waals surface area contributed by atoms with Crippen LogP contribution in [0.3, 0.4) is 0 Å². The predicted octanol–water partition coefficient (Wildman–Crippen LogP) is 2.11. The molecule has 0 saturated carbocycles. The molecule has 1 aliphatic rings. The van der Waals surface area contributed by atoms with E-state index in [0.717, 1.165) is 51.1 Å². The van der Waals surface area contributed by atoms with Crippen molar-refractivity contribution in [2.45, 2.75) is 39.5 Å². The Morgan fingerprint density at radius 1 is 1.44 bits per heavy atom. The maximum Gasteiger partial charge on any atom is 0.193 e. The SMILES string of the molecule is CCCCOCCNC(=NC)N1CCCC(C)C1. The molecule has 0 aromatic rings. The second kappa shape index (κ2) is 9.20. The van der Waals surface area contributed by atoms with Crippen molar-refractivity contribution in [3.05, 3.63) is 0 Å². The minimum atomic E-state index is 0.766. The first-order valence-electron chi connectivity index (χ1n) is 7.31. The molecule has 4 heteroatoms. The highest BCUT2D eigenvalue weighted by Gasteiger charge is 2.18. The number of nitrogens with one attached hydrogen (secondary N) is 1. The molecular weight excluding hydrogens is 226 g/mol. The minimum absolute atomic E-state index is 0.766. The zero-order valence-corrected chi connectivity index (χ0v) is 12.2. The van der Waals surface area contributed by atoms with E-state index in [9.17, 15) is 0 Å². The van der Waals surface area contributed by atoms with Crippen LogP contribution in [0.2, 0.25) is 0 Å². The van der Waals surface area contributed by atoms with E-state index in [-0.39, 0.29) is 0 Å². The van der Waals surface area contributed by atoms with Crippen LogP contribution >= 0.6 is 0 Å². The number of unbranched alkanes of at least 4 members (excludes halogenated alkanes) is 1. The van der Waals surface area contributed by atoms with E-state index >= 15 is 0 Å². The largest absolute Gasteiger partial charge is 0.380 e. The molecule has 1 heterocycles. The van der Waals surface area contributed by atoms with Crippen molar-refractivity contribution in [2.24, 2.45) is 10.9 Å². The van der Waals surface area contributed by atoms with Crippen molar-refractivity contribution in [2.75, 3.05) is 39.9 Å². The number of nitrogens with zero attached hydrogens (tertiary/aromatic N) is 2. The predicted molar refractivity (Wildman–Crippen MR) is 77.1 cm³/mol. The standard InChI is InChI=1S/C14H29N3O/c1-4-5-10-18-11-8-16-14(15-3)17-9-6-7-13(2)12-17/h13H,4-12H2,1-3H3,(H,15,16). The quantitative estimate of drug-likeness (QED) is 0.449. The fraction of sp³-hybridized carbons (Fsp3) is 0.929. The van der Waals surface area contributed by atoms with E-state index in [4.69, 9.17) is 4.74 Å². The van der Waals surface area contributed by atoms with Crippen molar-refractivity contribution in [1.29, 1.82) is 0 Å². The van der Waals surface area contributed by atoms with Gasteiger partial charge < -0.3 is 15.0 Å². The molecule has 1 rings (SSSR count). The molecule has 18 heavy (non-hydrogen) atoms. The average Bonchev–Trinajstić information content (AvgIpc) is 2.38. The number of ether oxygens (including phenoxy) is 1. The smallest absolute Gasteiger partial charge is 0.193 e. The van der Waals surface area contributed by atoms with Gasteiger partial charge in [-0.15, -0.1) is 0 Å². The van der Waals surface area contributed by atoms with Gasteiger partial charge in [0.1, 0.15) is 0 Å². The topological polar surface area (TPSA) is 36.9 Å². The van der Waals surface area contributed by atoms with Crippen LogP contribution in [0.25, 0.3) is 0 Å². The number of aliphatic imine (C=N–C) groups is 1. The Labute approximate surface area is 112 Å². The molecule has 1 aliphatic heterocycles.